The summed E-state index contributed by atoms with van der Waals surface area (Å²) in [7, 11) is 0. The van der Waals surface area contributed by atoms with Crippen LogP contribution < -0.4 is 0 Å². The van der Waals surface area contributed by atoms with Gasteiger partial charge < -0.3 is 9.52 Å². The second-order valence-electron chi connectivity index (χ2n) is 7.08. The van der Waals surface area contributed by atoms with Crippen LogP contribution in [0.2, 0.25) is 5.02 Å². The van der Waals surface area contributed by atoms with E-state index in [9.17, 15) is 5.11 Å². The average Bonchev–Trinajstić information content (AvgIpc) is 3.18. The molecule has 1 heterocycles. The minimum atomic E-state index is 0.237. The minimum absolute atomic E-state index is 0.237. The Hall–Kier alpha value is -3.63. The van der Waals surface area contributed by atoms with Crippen molar-refractivity contribution >= 4 is 45.4 Å². The van der Waals surface area contributed by atoms with Crippen molar-refractivity contribution in [2.24, 2.45) is 4.99 Å². The van der Waals surface area contributed by atoms with Crippen molar-refractivity contribution in [3.8, 4) is 17.2 Å². The van der Waals surface area contributed by atoms with Gasteiger partial charge in [0.2, 0.25) is 5.89 Å². The van der Waals surface area contributed by atoms with E-state index in [1.807, 2.05) is 79.7 Å². The Morgan fingerprint density at radius 3 is 2.67 bits per heavy atom. The average molecular weight is 413 g/mol. The Balaban J connectivity index is 1.55. The number of oxazole rings is 1. The maximum Gasteiger partial charge on any atom is 0.227 e. The van der Waals surface area contributed by atoms with Crippen molar-refractivity contribution in [2.75, 3.05) is 0 Å². The molecule has 0 radical (unpaired) electrons. The quantitative estimate of drug-likeness (QED) is 0.322. The number of aromatic nitrogens is 1. The highest BCUT2D eigenvalue weighted by molar-refractivity contribution is 6.35. The predicted molar refractivity (Wildman–Crippen MR) is 122 cm³/mol. The Morgan fingerprint density at radius 1 is 0.967 bits per heavy atom. The lowest BCUT2D eigenvalue weighted by molar-refractivity contribution is 0.470. The molecule has 1 N–H and O–H groups in total. The van der Waals surface area contributed by atoms with Gasteiger partial charge in [0.05, 0.1) is 5.69 Å². The Bertz CT molecular complexity index is 1440. The summed E-state index contributed by atoms with van der Waals surface area (Å²) in [4.78, 5) is 9.17. The monoisotopic (exact) mass is 412 g/mol. The molecule has 0 spiro atoms. The molecule has 5 aromatic rings. The van der Waals surface area contributed by atoms with E-state index in [-0.39, 0.29) is 5.75 Å². The van der Waals surface area contributed by atoms with Crippen LogP contribution in [0, 0.1) is 6.92 Å². The lowest BCUT2D eigenvalue weighted by atomic mass is 10.0. The normalized spacial score (nSPS) is 11.7. The molecule has 4 nitrogen and oxygen atoms in total. The molecular formula is C25H17ClN2O2. The zero-order valence-corrected chi connectivity index (χ0v) is 16.9. The van der Waals surface area contributed by atoms with Crippen LogP contribution in [0.15, 0.2) is 82.2 Å². The number of phenolic OH excluding ortho intramolecular Hbond substituents is 1. The van der Waals surface area contributed by atoms with Gasteiger partial charge in [-0.2, -0.15) is 0 Å². The van der Waals surface area contributed by atoms with Crippen LogP contribution in [0.25, 0.3) is 33.3 Å². The molecule has 146 valence electrons. The third-order valence-electron chi connectivity index (χ3n) is 5.09. The summed E-state index contributed by atoms with van der Waals surface area (Å²) < 4.78 is 6.01. The molecule has 0 aliphatic carbocycles. The second-order valence-corrected chi connectivity index (χ2v) is 7.49. The lowest BCUT2D eigenvalue weighted by Gasteiger charge is -2.04. The maximum absolute atomic E-state index is 10.2. The van der Waals surface area contributed by atoms with E-state index < -0.39 is 0 Å². The SMILES string of the molecule is Cc1cccc(C=Nc2ccc3oc(-c4cccc5c(Cl)cccc45)nc3c2)c1O. The maximum atomic E-state index is 10.2. The molecule has 1 aromatic heterocycles. The molecule has 0 aliphatic rings. The van der Waals surface area contributed by atoms with Gasteiger partial charge in [0.1, 0.15) is 11.3 Å². The molecule has 0 bridgehead atoms. The summed E-state index contributed by atoms with van der Waals surface area (Å²) in [5.74, 6) is 0.774. The summed E-state index contributed by atoms with van der Waals surface area (Å²) in [5, 5.41) is 12.8. The highest BCUT2D eigenvalue weighted by Crippen LogP contribution is 2.34. The molecule has 0 amide bonds. The predicted octanol–water partition coefficient (Wildman–Crippen LogP) is 7.07. The van der Waals surface area contributed by atoms with Gasteiger partial charge in [0, 0.05) is 27.8 Å². The summed E-state index contributed by atoms with van der Waals surface area (Å²) in [6.07, 6.45) is 1.65. The molecule has 5 heteroatoms. The number of aromatic hydroxyl groups is 1. The summed E-state index contributed by atoms with van der Waals surface area (Å²) >= 11 is 6.34. The topological polar surface area (TPSA) is 58.6 Å². The van der Waals surface area contributed by atoms with Gasteiger partial charge in [-0.25, -0.2) is 4.98 Å². The Kier molecular flexibility index (Phi) is 4.49. The molecule has 0 fully saturated rings. The number of para-hydroxylation sites is 1. The van der Waals surface area contributed by atoms with E-state index in [2.05, 4.69) is 9.98 Å². The number of aliphatic imine (C=N–C) groups is 1. The molecule has 4 aromatic carbocycles. The fraction of sp³-hybridized carbons (Fsp3) is 0.0400. The molecule has 0 unspecified atom stereocenters. The standard InChI is InChI=1S/C25H17ClN2O2/c1-15-5-2-6-16(24(15)29)14-27-17-11-12-23-22(13-17)28-25(30-23)20-9-3-8-19-18(20)7-4-10-21(19)26/h2-14,29H,1H3. The highest BCUT2D eigenvalue weighted by atomic mass is 35.5. The van der Waals surface area contributed by atoms with Gasteiger partial charge in [-0.3, -0.25) is 4.99 Å². The number of halogens is 1. The zero-order valence-electron chi connectivity index (χ0n) is 16.1. The van der Waals surface area contributed by atoms with Crippen molar-refractivity contribution in [3.05, 3.63) is 88.9 Å². The van der Waals surface area contributed by atoms with E-state index >= 15 is 0 Å². The molecule has 0 aliphatic heterocycles. The Morgan fingerprint density at radius 2 is 1.77 bits per heavy atom. The molecule has 5 rings (SSSR count). The van der Waals surface area contributed by atoms with Gasteiger partial charge in [-0.1, -0.05) is 48.0 Å². The molecule has 30 heavy (non-hydrogen) atoms. The van der Waals surface area contributed by atoms with Crippen LogP contribution in [0.5, 0.6) is 5.75 Å². The van der Waals surface area contributed by atoms with Crippen molar-refractivity contribution in [1.29, 1.82) is 0 Å². The summed E-state index contributed by atoms with van der Waals surface area (Å²) in [6.45, 7) is 1.86. The van der Waals surface area contributed by atoms with E-state index in [1.165, 1.54) is 0 Å². The first-order valence-corrected chi connectivity index (χ1v) is 9.89. The van der Waals surface area contributed by atoms with E-state index in [0.717, 1.165) is 27.6 Å². The number of hydrogen-bond donors (Lipinski definition) is 1. The van der Waals surface area contributed by atoms with Crippen molar-refractivity contribution < 1.29 is 9.52 Å². The summed E-state index contributed by atoms with van der Waals surface area (Å²) in [6, 6.07) is 22.9. The molecule has 0 saturated carbocycles. The number of benzene rings is 4. The fourth-order valence-corrected chi connectivity index (χ4v) is 3.74. The van der Waals surface area contributed by atoms with E-state index in [0.29, 0.717) is 27.6 Å². The first-order chi connectivity index (χ1) is 14.6. The van der Waals surface area contributed by atoms with Gasteiger partial charge in [-0.05, 0) is 54.3 Å². The van der Waals surface area contributed by atoms with Crippen molar-refractivity contribution in [2.45, 2.75) is 6.92 Å². The van der Waals surface area contributed by atoms with Crippen LogP contribution in [0.4, 0.5) is 5.69 Å². The first-order valence-electron chi connectivity index (χ1n) is 9.51. The third-order valence-corrected chi connectivity index (χ3v) is 5.42. The zero-order chi connectivity index (χ0) is 20.7. The number of nitrogens with zero attached hydrogens (tertiary/aromatic N) is 2. The first kappa shape index (κ1) is 18.4. The van der Waals surface area contributed by atoms with E-state index in [1.54, 1.807) is 6.21 Å². The number of aryl methyl sites for hydroxylation is 1. The summed E-state index contributed by atoms with van der Waals surface area (Å²) in [5.41, 5.74) is 4.49. The molecule has 0 saturated heterocycles. The van der Waals surface area contributed by atoms with Crippen LogP contribution in [0.3, 0.4) is 0 Å². The van der Waals surface area contributed by atoms with Crippen molar-refractivity contribution in [3.63, 3.8) is 0 Å². The number of rotatable bonds is 3. The van der Waals surface area contributed by atoms with Crippen LogP contribution in [-0.4, -0.2) is 16.3 Å². The minimum Gasteiger partial charge on any atom is -0.507 e. The highest BCUT2D eigenvalue weighted by Gasteiger charge is 2.12. The lowest BCUT2D eigenvalue weighted by Crippen LogP contribution is -1.84. The van der Waals surface area contributed by atoms with Gasteiger partial charge in [-0.15, -0.1) is 0 Å². The van der Waals surface area contributed by atoms with Gasteiger partial charge in [0.25, 0.3) is 0 Å². The number of phenols is 1. The van der Waals surface area contributed by atoms with Gasteiger partial charge in [0.15, 0.2) is 5.58 Å². The molecular weight excluding hydrogens is 396 g/mol. The second kappa shape index (κ2) is 7.32. The van der Waals surface area contributed by atoms with E-state index in [4.69, 9.17) is 16.0 Å². The van der Waals surface area contributed by atoms with Crippen LogP contribution in [-0.2, 0) is 0 Å². The molecule has 0 atom stereocenters. The number of hydrogen-bond acceptors (Lipinski definition) is 4. The van der Waals surface area contributed by atoms with Gasteiger partial charge >= 0.3 is 0 Å². The fourth-order valence-electron chi connectivity index (χ4n) is 3.50. The van der Waals surface area contributed by atoms with Crippen LogP contribution >= 0.6 is 11.6 Å². The van der Waals surface area contributed by atoms with Crippen LogP contribution in [0.1, 0.15) is 11.1 Å². The van der Waals surface area contributed by atoms with Crippen molar-refractivity contribution in [1.82, 2.24) is 4.98 Å². The largest absolute Gasteiger partial charge is 0.507 e. The third kappa shape index (κ3) is 3.21. The smallest absolute Gasteiger partial charge is 0.227 e. The Labute approximate surface area is 178 Å². The number of fused-ring (bicyclic) bond motifs is 2.